The molecule has 0 unspecified atom stereocenters. The van der Waals surface area contributed by atoms with Crippen LogP contribution in [0.4, 0.5) is 8.78 Å². The van der Waals surface area contributed by atoms with Gasteiger partial charge in [0.05, 0.1) is 28.1 Å². The van der Waals surface area contributed by atoms with Gasteiger partial charge in [-0.3, -0.25) is 0 Å². The molecule has 0 amide bonds. The van der Waals surface area contributed by atoms with Crippen molar-refractivity contribution in [2.24, 2.45) is 5.41 Å². The maximum absolute atomic E-state index is 14.3. The monoisotopic (exact) mass is 388 g/mol. The quantitative estimate of drug-likeness (QED) is 0.627. The molecule has 3 aromatic rings. The SMILES string of the molecule is CC1(C)[C@H]2CC[C@@]1(c1cccc(C#N)n1)c1nnc(-c3c(F)cccc3F)cc12. The maximum Gasteiger partial charge on any atom is 0.140 e. The smallest absolute Gasteiger partial charge is 0.140 e. The number of rotatable bonds is 2. The van der Waals surface area contributed by atoms with Crippen molar-refractivity contribution in [2.75, 3.05) is 0 Å². The molecule has 2 atom stereocenters. The molecule has 2 aliphatic carbocycles. The minimum absolute atomic E-state index is 0.151. The van der Waals surface area contributed by atoms with Crippen LogP contribution in [0.5, 0.6) is 0 Å². The third kappa shape index (κ3) is 2.19. The van der Waals surface area contributed by atoms with E-state index < -0.39 is 17.0 Å². The molecule has 5 rings (SSSR count). The predicted octanol–water partition coefficient (Wildman–Crippen LogP) is 4.89. The number of pyridine rings is 1. The minimum Gasteiger partial charge on any atom is -0.241 e. The second-order valence-electron chi connectivity index (χ2n) is 8.37. The highest BCUT2D eigenvalue weighted by atomic mass is 19.1. The van der Waals surface area contributed by atoms with Crippen molar-refractivity contribution < 1.29 is 8.78 Å². The second-order valence-corrected chi connectivity index (χ2v) is 8.37. The van der Waals surface area contributed by atoms with E-state index in [-0.39, 0.29) is 22.6 Å². The van der Waals surface area contributed by atoms with Crippen LogP contribution in [0.15, 0.2) is 42.5 Å². The number of hydrogen-bond acceptors (Lipinski definition) is 4. The molecule has 0 saturated heterocycles. The molecule has 4 nitrogen and oxygen atoms in total. The third-order valence-electron chi connectivity index (χ3n) is 6.90. The molecular weight excluding hydrogens is 370 g/mol. The Kier molecular flexibility index (Phi) is 3.63. The average Bonchev–Trinajstić information content (AvgIpc) is 3.09. The van der Waals surface area contributed by atoms with Crippen molar-refractivity contribution >= 4 is 0 Å². The summed E-state index contributed by atoms with van der Waals surface area (Å²) < 4.78 is 28.6. The number of benzene rings is 1. The van der Waals surface area contributed by atoms with Gasteiger partial charge in [-0.1, -0.05) is 26.0 Å². The molecule has 0 spiro atoms. The van der Waals surface area contributed by atoms with Gasteiger partial charge in [0, 0.05) is 0 Å². The first-order chi connectivity index (χ1) is 13.9. The van der Waals surface area contributed by atoms with E-state index in [1.165, 1.54) is 18.2 Å². The number of fused-ring (bicyclic) bond motifs is 5. The van der Waals surface area contributed by atoms with Crippen molar-refractivity contribution in [3.05, 3.63) is 76.7 Å². The molecule has 144 valence electrons. The van der Waals surface area contributed by atoms with Gasteiger partial charge in [0.15, 0.2) is 0 Å². The van der Waals surface area contributed by atoms with Crippen LogP contribution in [0.1, 0.15) is 55.3 Å². The Balaban J connectivity index is 1.74. The summed E-state index contributed by atoms with van der Waals surface area (Å²) in [7, 11) is 0. The molecule has 6 heteroatoms. The first kappa shape index (κ1) is 17.9. The van der Waals surface area contributed by atoms with E-state index in [4.69, 9.17) is 0 Å². The number of nitriles is 1. The van der Waals surface area contributed by atoms with E-state index in [1.807, 2.05) is 12.1 Å². The molecule has 1 aromatic carbocycles. The summed E-state index contributed by atoms with van der Waals surface area (Å²) in [5.41, 5.74) is 2.32. The van der Waals surface area contributed by atoms with Gasteiger partial charge >= 0.3 is 0 Å². The van der Waals surface area contributed by atoms with Gasteiger partial charge < -0.3 is 0 Å². The zero-order valence-corrected chi connectivity index (χ0v) is 16.1. The zero-order valence-electron chi connectivity index (χ0n) is 16.1. The summed E-state index contributed by atoms with van der Waals surface area (Å²) in [6.07, 6.45) is 1.77. The van der Waals surface area contributed by atoms with E-state index in [0.717, 1.165) is 29.8 Å². The first-order valence-electron chi connectivity index (χ1n) is 9.60. The molecule has 1 fully saturated rings. The lowest BCUT2D eigenvalue weighted by molar-refractivity contribution is 0.243. The molecule has 2 heterocycles. The minimum atomic E-state index is -0.653. The van der Waals surface area contributed by atoms with E-state index in [2.05, 4.69) is 35.1 Å². The maximum atomic E-state index is 14.3. The van der Waals surface area contributed by atoms with Crippen molar-refractivity contribution in [2.45, 2.75) is 38.0 Å². The Morgan fingerprint density at radius 3 is 2.52 bits per heavy atom. The van der Waals surface area contributed by atoms with Gasteiger partial charge in [-0.25, -0.2) is 13.8 Å². The van der Waals surface area contributed by atoms with Crippen LogP contribution in [0, 0.1) is 28.4 Å². The lowest BCUT2D eigenvalue weighted by Crippen LogP contribution is -2.37. The van der Waals surface area contributed by atoms with Gasteiger partial charge in [0.25, 0.3) is 0 Å². The largest absolute Gasteiger partial charge is 0.241 e. The Labute approximate surface area is 167 Å². The van der Waals surface area contributed by atoms with Gasteiger partial charge in [0.1, 0.15) is 23.4 Å². The fourth-order valence-corrected chi connectivity index (χ4v) is 5.49. The number of halogens is 2. The topological polar surface area (TPSA) is 62.5 Å². The molecule has 29 heavy (non-hydrogen) atoms. The molecule has 0 aliphatic heterocycles. The van der Waals surface area contributed by atoms with Crippen LogP contribution < -0.4 is 0 Å². The summed E-state index contributed by atoms with van der Waals surface area (Å²) >= 11 is 0. The molecule has 2 bridgehead atoms. The predicted molar refractivity (Wildman–Crippen MR) is 103 cm³/mol. The van der Waals surface area contributed by atoms with E-state index >= 15 is 0 Å². The third-order valence-corrected chi connectivity index (χ3v) is 6.90. The lowest BCUT2D eigenvalue weighted by Gasteiger charge is -2.37. The number of nitrogens with zero attached hydrogens (tertiary/aromatic N) is 4. The van der Waals surface area contributed by atoms with Crippen LogP contribution in [0.2, 0.25) is 0 Å². The van der Waals surface area contributed by atoms with E-state index in [9.17, 15) is 14.0 Å². The van der Waals surface area contributed by atoms with Crippen molar-refractivity contribution in [1.29, 1.82) is 5.26 Å². The molecule has 1 saturated carbocycles. The van der Waals surface area contributed by atoms with Gasteiger partial charge in [0.2, 0.25) is 0 Å². The summed E-state index contributed by atoms with van der Waals surface area (Å²) in [5.74, 6) is -1.13. The summed E-state index contributed by atoms with van der Waals surface area (Å²) in [6.45, 7) is 4.35. The molecule has 0 radical (unpaired) electrons. The highest BCUT2D eigenvalue weighted by Gasteiger charge is 2.65. The van der Waals surface area contributed by atoms with Gasteiger partial charge in [-0.15, -0.1) is 5.10 Å². The van der Waals surface area contributed by atoms with Crippen LogP contribution >= 0.6 is 0 Å². The lowest BCUT2D eigenvalue weighted by atomic mass is 9.66. The van der Waals surface area contributed by atoms with Crippen molar-refractivity contribution in [3.8, 4) is 17.3 Å². The molecule has 2 aliphatic rings. The highest BCUT2D eigenvalue weighted by molar-refractivity contribution is 5.64. The summed E-state index contributed by atoms with van der Waals surface area (Å²) in [4.78, 5) is 4.60. The van der Waals surface area contributed by atoms with Crippen molar-refractivity contribution in [1.82, 2.24) is 15.2 Å². The summed E-state index contributed by atoms with van der Waals surface area (Å²) in [6, 6.07) is 13.1. The fraction of sp³-hybridized carbons (Fsp3) is 0.304. The Bertz CT molecular complexity index is 1180. The fourth-order valence-electron chi connectivity index (χ4n) is 5.49. The first-order valence-corrected chi connectivity index (χ1v) is 9.60. The number of aromatic nitrogens is 3. The zero-order chi connectivity index (χ0) is 20.4. The van der Waals surface area contributed by atoms with E-state index in [0.29, 0.717) is 5.69 Å². The molecule has 0 N–H and O–H groups in total. The Morgan fingerprint density at radius 2 is 1.79 bits per heavy atom. The Morgan fingerprint density at radius 1 is 1.07 bits per heavy atom. The van der Waals surface area contributed by atoms with Crippen LogP contribution in [-0.4, -0.2) is 15.2 Å². The highest BCUT2D eigenvalue weighted by Crippen LogP contribution is 2.69. The van der Waals surface area contributed by atoms with Crippen molar-refractivity contribution in [3.63, 3.8) is 0 Å². The normalized spacial score (nSPS) is 23.6. The standard InChI is InChI=1S/C23H18F2N4/c1-22(2)15-9-10-23(22,19-8-3-5-13(12-26)27-19)21-14(15)11-18(28-29-21)20-16(24)6-4-7-17(20)25/h3-8,11,15H,9-10H2,1-2H3/t15-,23+/m0/s1. The van der Waals surface area contributed by atoms with Crippen LogP contribution in [0.3, 0.4) is 0 Å². The molecule has 2 aromatic heterocycles. The van der Waals surface area contributed by atoms with E-state index in [1.54, 1.807) is 12.1 Å². The number of hydrogen-bond donors (Lipinski definition) is 0. The van der Waals surface area contributed by atoms with Crippen LogP contribution in [0.25, 0.3) is 11.3 Å². The summed E-state index contributed by atoms with van der Waals surface area (Å²) in [5, 5.41) is 18.0. The Hall–Kier alpha value is -3.20. The average molecular weight is 388 g/mol. The van der Waals surface area contributed by atoms with Gasteiger partial charge in [-0.2, -0.15) is 10.4 Å². The van der Waals surface area contributed by atoms with Gasteiger partial charge in [-0.05, 0) is 60.1 Å². The second kappa shape index (κ2) is 5.90. The molecular formula is C23H18F2N4. The van der Waals surface area contributed by atoms with Crippen LogP contribution in [-0.2, 0) is 5.41 Å².